The maximum Gasteiger partial charge on any atom is 0.239 e. The number of nitrogens with one attached hydrogen (secondary N) is 1. The van der Waals surface area contributed by atoms with Crippen molar-refractivity contribution < 1.29 is 4.74 Å². The van der Waals surface area contributed by atoms with Crippen molar-refractivity contribution in [1.82, 2.24) is 15.3 Å². The summed E-state index contributed by atoms with van der Waals surface area (Å²) in [4.78, 5) is 8.45. The maximum atomic E-state index is 5.20. The summed E-state index contributed by atoms with van der Waals surface area (Å²) < 4.78 is 5.20. The number of rotatable bonds is 5. The van der Waals surface area contributed by atoms with Gasteiger partial charge in [-0.25, -0.2) is 9.97 Å². The highest BCUT2D eigenvalue weighted by Gasteiger charge is 2.08. The molecule has 0 radical (unpaired) electrons. The number of aromatic nitrogens is 2. The standard InChI is InChI=1S/C14H23N3O/c1-11(7-6-8-17-14(2,3)4)12-13(18-5)16-10-9-15-12/h7,9-10,17H,6,8H2,1-5H3. The third kappa shape index (κ3) is 4.84. The molecule has 0 amide bonds. The van der Waals surface area contributed by atoms with Crippen molar-refractivity contribution in [2.45, 2.75) is 39.7 Å². The molecule has 1 aromatic rings. The Morgan fingerprint density at radius 3 is 2.61 bits per heavy atom. The van der Waals surface area contributed by atoms with Crippen molar-refractivity contribution in [1.29, 1.82) is 0 Å². The summed E-state index contributed by atoms with van der Waals surface area (Å²) in [6.45, 7) is 9.47. The van der Waals surface area contributed by atoms with E-state index in [1.807, 2.05) is 6.92 Å². The van der Waals surface area contributed by atoms with Crippen LogP contribution >= 0.6 is 0 Å². The number of ether oxygens (including phenoxy) is 1. The summed E-state index contributed by atoms with van der Waals surface area (Å²) >= 11 is 0. The predicted octanol–water partition coefficient (Wildman–Crippen LogP) is 2.67. The molecule has 4 heteroatoms. The second-order valence-electron chi connectivity index (χ2n) is 5.27. The fourth-order valence-electron chi connectivity index (χ4n) is 1.58. The molecule has 0 aliphatic carbocycles. The van der Waals surface area contributed by atoms with Gasteiger partial charge in [-0.2, -0.15) is 0 Å². The van der Waals surface area contributed by atoms with Gasteiger partial charge in [0, 0.05) is 17.9 Å². The molecule has 0 saturated heterocycles. The Hall–Kier alpha value is -1.42. The van der Waals surface area contributed by atoms with E-state index in [1.165, 1.54) is 0 Å². The Morgan fingerprint density at radius 1 is 1.33 bits per heavy atom. The monoisotopic (exact) mass is 249 g/mol. The summed E-state index contributed by atoms with van der Waals surface area (Å²) in [5.74, 6) is 0.579. The van der Waals surface area contributed by atoms with Crippen LogP contribution in [0.15, 0.2) is 18.5 Å². The van der Waals surface area contributed by atoms with Gasteiger partial charge in [-0.3, -0.25) is 0 Å². The lowest BCUT2D eigenvalue weighted by molar-refractivity contribution is 0.394. The van der Waals surface area contributed by atoms with E-state index >= 15 is 0 Å². The first-order chi connectivity index (χ1) is 8.44. The first-order valence-corrected chi connectivity index (χ1v) is 6.21. The van der Waals surface area contributed by atoms with Crippen molar-refractivity contribution in [2.75, 3.05) is 13.7 Å². The smallest absolute Gasteiger partial charge is 0.239 e. The average molecular weight is 249 g/mol. The van der Waals surface area contributed by atoms with Gasteiger partial charge in [-0.05, 0) is 46.2 Å². The number of allylic oxidation sites excluding steroid dienone is 1. The molecule has 0 fully saturated rings. The zero-order valence-electron chi connectivity index (χ0n) is 11.9. The van der Waals surface area contributed by atoms with E-state index in [1.54, 1.807) is 19.5 Å². The van der Waals surface area contributed by atoms with Crippen LogP contribution in [0, 0.1) is 0 Å². The molecule has 18 heavy (non-hydrogen) atoms. The molecule has 1 aromatic heterocycles. The number of hydrogen-bond acceptors (Lipinski definition) is 4. The molecule has 100 valence electrons. The zero-order valence-corrected chi connectivity index (χ0v) is 11.9. The van der Waals surface area contributed by atoms with Crippen LogP contribution in [0.1, 0.15) is 39.8 Å². The van der Waals surface area contributed by atoms with E-state index in [-0.39, 0.29) is 5.54 Å². The van der Waals surface area contributed by atoms with Crippen LogP contribution in [0.3, 0.4) is 0 Å². The SMILES string of the molecule is COc1nccnc1C(C)=CCCNC(C)(C)C. The summed E-state index contributed by atoms with van der Waals surface area (Å²) in [7, 11) is 1.61. The minimum absolute atomic E-state index is 0.159. The van der Waals surface area contributed by atoms with Crippen LogP contribution in [0.25, 0.3) is 5.57 Å². The van der Waals surface area contributed by atoms with Crippen LogP contribution in [0.5, 0.6) is 5.88 Å². The molecule has 1 heterocycles. The average Bonchev–Trinajstić information content (AvgIpc) is 2.33. The van der Waals surface area contributed by atoms with Crippen LogP contribution < -0.4 is 10.1 Å². The maximum absolute atomic E-state index is 5.20. The Balaban J connectivity index is 2.61. The summed E-state index contributed by atoms with van der Waals surface area (Å²) in [6, 6.07) is 0. The van der Waals surface area contributed by atoms with Gasteiger partial charge in [0.1, 0.15) is 5.69 Å². The fraction of sp³-hybridized carbons (Fsp3) is 0.571. The summed E-state index contributed by atoms with van der Waals surface area (Å²) in [5.41, 5.74) is 2.07. The van der Waals surface area contributed by atoms with Gasteiger partial charge in [0.25, 0.3) is 0 Å². The van der Waals surface area contributed by atoms with Gasteiger partial charge in [0.15, 0.2) is 0 Å². The minimum atomic E-state index is 0.159. The molecule has 1 rings (SSSR count). The summed E-state index contributed by atoms with van der Waals surface area (Å²) in [6.07, 6.45) is 6.44. The fourth-order valence-corrected chi connectivity index (χ4v) is 1.58. The van der Waals surface area contributed by atoms with E-state index in [9.17, 15) is 0 Å². The number of hydrogen-bond donors (Lipinski definition) is 1. The second-order valence-corrected chi connectivity index (χ2v) is 5.27. The molecule has 0 unspecified atom stereocenters. The molecule has 0 saturated carbocycles. The molecule has 1 N–H and O–H groups in total. The van der Waals surface area contributed by atoms with Gasteiger partial charge in [0.05, 0.1) is 7.11 Å². The third-order valence-corrected chi connectivity index (χ3v) is 2.48. The van der Waals surface area contributed by atoms with E-state index in [2.05, 4.69) is 42.1 Å². The lowest BCUT2D eigenvalue weighted by Crippen LogP contribution is -2.36. The van der Waals surface area contributed by atoms with Crippen LogP contribution in [0.2, 0.25) is 0 Å². The van der Waals surface area contributed by atoms with Crippen molar-refractivity contribution >= 4 is 5.57 Å². The molecular formula is C14H23N3O. The lowest BCUT2D eigenvalue weighted by atomic mass is 10.1. The van der Waals surface area contributed by atoms with Crippen molar-refractivity contribution in [3.05, 3.63) is 24.2 Å². The lowest BCUT2D eigenvalue weighted by Gasteiger charge is -2.19. The highest BCUT2D eigenvalue weighted by Crippen LogP contribution is 2.20. The Morgan fingerprint density at radius 2 is 2.00 bits per heavy atom. The summed E-state index contributed by atoms with van der Waals surface area (Å²) in [5, 5.41) is 3.45. The van der Waals surface area contributed by atoms with Gasteiger partial charge in [-0.15, -0.1) is 0 Å². The quantitative estimate of drug-likeness (QED) is 0.815. The van der Waals surface area contributed by atoms with Crippen molar-refractivity contribution in [3.63, 3.8) is 0 Å². The second kappa shape index (κ2) is 6.50. The first kappa shape index (κ1) is 14.6. The van der Waals surface area contributed by atoms with E-state index in [4.69, 9.17) is 4.74 Å². The van der Waals surface area contributed by atoms with Crippen molar-refractivity contribution in [3.8, 4) is 5.88 Å². The van der Waals surface area contributed by atoms with E-state index < -0.39 is 0 Å². The third-order valence-electron chi connectivity index (χ3n) is 2.48. The number of nitrogens with zero attached hydrogens (tertiary/aromatic N) is 2. The van der Waals surface area contributed by atoms with Crippen molar-refractivity contribution in [2.24, 2.45) is 0 Å². The van der Waals surface area contributed by atoms with Crippen LogP contribution in [0.4, 0.5) is 0 Å². The molecule has 0 aliphatic rings. The van der Waals surface area contributed by atoms with Gasteiger partial charge >= 0.3 is 0 Å². The van der Waals surface area contributed by atoms with Gasteiger partial charge in [0.2, 0.25) is 5.88 Å². The molecule has 0 bridgehead atoms. The Bertz CT molecular complexity index is 408. The Kier molecular flexibility index (Phi) is 5.28. The molecule has 0 atom stereocenters. The van der Waals surface area contributed by atoms with Crippen LogP contribution in [-0.2, 0) is 0 Å². The highest BCUT2D eigenvalue weighted by atomic mass is 16.5. The minimum Gasteiger partial charge on any atom is -0.479 e. The zero-order chi connectivity index (χ0) is 13.6. The first-order valence-electron chi connectivity index (χ1n) is 6.21. The Labute approximate surface area is 109 Å². The largest absolute Gasteiger partial charge is 0.479 e. The molecule has 0 spiro atoms. The topological polar surface area (TPSA) is 47.0 Å². The van der Waals surface area contributed by atoms with Gasteiger partial charge < -0.3 is 10.1 Å². The van der Waals surface area contributed by atoms with Crippen LogP contribution in [-0.4, -0.2) is 29.2 Å². The normalized spacial score (nSPS) is 12.6. The number of methoxy groups -OCH3 is 1. The van der Waals surface area contributed by atoms with Gasteiger partial charge in [-0.1, -0.05) is 6.08 Å². The molecular weight excluding hydrogens is 226 g/mol. The van der Waals surface area contributed by atoms with E-state index in [0.29, 0.717) is 5.88 Å². The highest BCUT2D eigenvalue weighted by molar-refractivity contribution is 5.63. The molecule has 4 nitrogen and oxygen atoms in total. The predicted molar refractivity (Wildman–Crippen MR) is 74.6 cm³/mol. The van der Waals surface area contributed by atoms with E-state index in [0.717, 1.165) is 24.2 Å². The molecule has 0 aliphatic heterocycles. The molecule has 0 aromatic carbocycles.